The molecule has 5 heteroatoms. The van der Waals surface area contributed by atoms with E-state index < -0.39 is 17.0 Å². The van der Waals surface area contributed by atoms with Gasteiger partial charge in [-0.15, -0.1) is 0 Å². The van der Waals surface area contributed by atoms with Gasteiger partial charge < -0.3 is 4.74 Å². The minimum Gasteiger partial charge on any atom is -0.465 e. The Balaban J connectivity index is 2.19. The van der Waals surface area contributed by atoms with Gasteiger partial charge in [-0.25, -0.2) is 9.00 Å². The Labute approximate surface area is 141 Å². The molecule has 1 aliphatic rings. The van der Waals surface area contributed by atoms with E-state index in [1.54, 1.807) is 24.3 Å². The third kappa shape index (κ3) is 4.42. The van der Waals surface area contributed by atoms with Crippen LogP contribution in [0.15, 0.2) is 29.2 Å². The molecule has 23 heavy (non-hydrogen) atoms. The molecule has 4 atom stereocenters. The van der Waals surface area contributed by atoms with Crippen molar-refractivity contribution in [2.24, 2.45) is 17.8 Å². The molecule has 1 saturated carbocycles. The highest BCUT2D eigenvalue weighted by Gasteiger charge is 2.33. The maximum atomic E-state index is 12.7. The lowest BCUT2D eigenvalue weighted by Crippen LogP contribution is -2.34. The second-order valence-electron chi connectivity index (χ2n) is 6.68. The number of ether oxygens (including phenoxy) is 1. The molecular weight excluding hydrogens is 312 g/mol. The average Bonchev–Trinajstić information content (AvgIpc) is 2.53. The zero-order chi connectivity index (χ0) is 17.0. The van der Waals surface area contributed by atoms with E-state index in [1.807, 2.05) is 0 Å². The number of methoxy groups -OCH3 is 1. The molecule has 2 rings (SSSR count). The Morgan fingerprint density at radius 2 is 1.96 bits per heavy atom. The first-order chi connectivity index (χ1) is 10.9. The van der Waals surface area contributed by atoms with E-state index in [4.69, 9.17) is 8.92 Å². The molecule has 128 valence electrons. The summed E-state index contributed by atoms with van der Waals surface area (Å²) in [5.41, 5.74) is 0.304. The maximum absolute atomic E-state index is 12.7. The van der Waals surface area contributed by atoms with Gasteiger partial charge in [0.1, 0.15) is 0 Å². The summed E-state index contributed by atoms with van der Waals surface area (Å²) in [5.74, 6) is 0.971. The van der Waals surface area contributed by atoms with Crippen molar-refractivity contribution < 1.29 is 17.9 Å². The average molecular weight is 338 g/mol. The zero-order valence-corrected chi connectivity index (χ0v) is 15.1. The lowest BCUT2D eigenvalue weighted by atomic mass is 9.75. The number of carbonyl (C=O) groups excluding carboxylic acids is 1. The molecule has 4 nitrogen and oxygen atoms in total. The van der Waals surface area contributed by atoms with Gasteiger partial charge in [-0.2, -0.15) is 0 Å². The first-order valence-electron chi connectivity index (χ1n) is 8.20. The number of carbonyl (C=O) groups is 1. The van der Waals surface area contributed by atoms with E-state index >= 15 is 0 Å². The van der Waals surface area contributed by atoms with Gasteiger partial charge in [-0.1, -0.05) is 39.3 Å². The number of hydrogen-bond donors (Lipinski definition) is 0. The van der Waals surface area contributed by atoms with Crippen LogP contribution in [0.4, 0.5) is 0 Å². The molecule has 1 aromatic rings. The molecule has 1 aliphatic carbocycles. The Morgan fingerprint density at radius 3 is 2.61 bits per heavy atom. The summed E-state index contributed by atoms with van der Waals surface area (Å²) in [7, 11) is 1.32. The highest BCUT2D eigenvalue weighted by Crippen LogP contribution is 2.36. The minimum absolute atomic E-state index is 0.0368. The molecule has 0 N–H and O–H groups in total. The third-order valence-electron chi connectivity index (χ3n) is 4.64. The largest absolute Gasteiger partial charge is 0.465 e. The molecule has 0 radical (unpaired) electrons. The van der Waals surface area contributed by atoms with Crippen molar-refractivity contribution >= 4 is 17.0 Å². The van der Waals surface area contributed by atoms with Gasteiger partial charge in [0.05, 0.1) is 23.7 Å². The van der Waals surface area contributed by atoms with Crippen LogP contribution in [0.25, 0.3) is 0 Å². The lowest BCUT2D eigenvalue weighted by molar-refractivity contribution is 0.0552. The normalized spacial score (nSPS) is 26.0. The molecule has 0 saturated heterocycles. The lowest BCUT2D eigenvalue weighted by Gasteiger charge is -2.36. The van der Waals surface area contributed by atoms with Crippen LogP contribution >= 0.6 is 0 Å². The number of benzene rings is 1. The van der Waals surface area contributed by atoms with E-state index in [0.717, 1.165) is 12.8 Å². The van der Waals surface area contributed by atoms with Crippen molar-refractivity contribution in [1.82, 2.24) is 0 Å². The van der Waals surface area contributed by atoms with Gasteiger partial charge in [0, 0.05) is 0 Å². The van der Waals surface area contributed by atoms with Gasteiger partial charge in [0.25, 0.3) is 0 Å². The molecule has 0 bridgehead atoms. The first kappa shape index (κ1) is 18.1. The van der Waals surface area contributed by atoms with Gasteiger partial charge >= 0.3 is 5.97 Å². The van der Waals surface area contributed by atoms with Gasteiger partial charge in [-0.05, 0) is 42.7 Å². The molecule has 0 aromatic heterocycles. The summed E-state index contributed by atoms with van der Waals surface area (Å²) in [6, 6.07) is 6.77. The van der Waals surface area contributed by atoms with E-state index in [-0.39, 0.29) is 6.10 Å². The monoisotopic (exact) mass is 338 g/mol. The van der Waals surface area contributed by atoms with Crippen LogP contribution in [0.3, 0.4) is 0 Å². The fraction of sp³-hybridized carbons (Fsp3) is 0.611. The third-order valence-corrected chi connectivity index (χ3v) is 5.78. The predicted octanol–water partition coefficient (Wildman–Crippen LogP) is 3.97. The van der Waals surface area contributed by atoms with E-state index in [2.05, 4.69) is 20.8 Å². The van der Waals surface area contributed by atoms with E-state index in [1.165, 1.54) is 13.5 Å². The standard InChI is InChI=1S/C18H26O4S/c1-12(2)14-10-9-13(3)11-16(14)22-23(20)17-8-6-5-7-15(17)18(19)21-4/h5-8,12-14,16H,9-11H2,1-4H3/t13?,14?,16?,23-/m0/s1. The fourth-order valence-corrected chi connectivity index (χ4v) is 4.35. The van der Waals surface area contributed by atoms with Crippen molar-refractivity contribution in [2.75, 3.05) is 7.11 Å². The summed E-state index contributed by atoms with van der Waals surface area (Å²) in [6.07, 6.45) is 3.16. The zero-order valence-electron chi connectivity index (χ0n) is 14.3. The summed E-state index contributed by atoms with van der Waals surface area (Å²) in [6.45, 7) is 6.57. The Morgan fingerprint density at radius 1 is 1.26 bits per heavy atom. The number of esters is 1. The van der Waals surface area contributed by atoms with Crippen LogP contribution in [0.2, 0.25) is 0 Å². The van der Waals surface area contributed by atoms with Crippen LogP contribution in [0.5, 0.6) is 0 Å². The van der Waals surface area contributed by atoms with Crippen LogP contribution in [0, 0.1) is 17.8 Å². The van der Waals surface area contributed by atoms with Crippen molar-refractivity contribution in [3.05, 3.63) is 29.8 Å². The summed E-state index contributed by atoms with van der Waals surface area (Å²) < 4.78 is 23.4. The Kier molecular flexibility index (Phi) is 6.36. The van der Waals surface area contributed by atoms with Gasteiger partial charge in [0.2, 0.25) is 0 Å². The smallest absolute Gasteiger partial charge is 0.339 e. The summed E-state index contributed by atoms with van der Waals surface area (Å²) in [5, 5.41) is 0. The van der Waals surface area contributed by atoms with Crippen molar-refractivity contribution in [3.63, 3.8) is 0 Å². The molecule has 0 aliphatic heterocycles. The van der Waals surface area contributed by atoms with Gasteiger partial charge in [0.15, 0.2) is 11.1 Å². The quantitative estimate of drug-likeness (QED) is 0.762. The van der Waals surface area contributed by atoms with Crippen molar-refractivity contribution in [3.8, 4) is 0 Å². The Hall–Kier alpha value is -1.20. The Bertz CT molecular complexity index is 570. The summed E-state index contributed by atoms with van der Waals surface area (Å²) >= 11 is -1.67. The first-order valence-corrected chi connectivity index (χ1v) is 9.27. The van der Waals surface area contributed by atoms with Gasteiger partial charge in [-0.3, -0.25) is 4.18 Å². The second kappa shape index (κ2) is 8.06. The van der Waals surface area contributed by atoms with E-state index in [0.29, 0.717) is 28.2 Å². The predicted molar refractivity (Wildman–Crippen MR) is 90.4 cm³/mol. The van der Waals surface area contributed by atoms with Crippen molar-refractivity contribution in [1.29, 1.82) is 0 Å². The molecule has 0 amide bonds. The molecule has 0 spiro atoms. The van der Waals surface area contributed by atoms with Crippen LogP contribution in [-0.4, -0.2) is 23.4 Å². The highest BCUT2D eigenvalue weighted by atomic mass is 32.2. The van der Waals surface area contributed by atoms with Crippen molar-refractivity contribution in [2.45, 2.75) is 51.0 Å². The summed E-state index contributed by atoms with van der Waals surface area (Å²) in [4.78, 5) is 12.2. The van der Waals surface area contributed by atoms with Crippen LogP contribution < -0.4 is 0 Å². The molecule has 3 unspecified atom stereocenters. The minimum atomic E-state index is -1.67. The van der Waals surface area contributed by atoms with Crippen LogP contribution in [-0.2, 0) is 20.0 Å². The molecule has 0 heterocycles. The SMILES string of the molecule is COC(=O)c1ccccc1[S@@](=O)OC1CC(C)CCC1C(C)C. The molecular formula is C18H26O4S. The fourth-order valence-electron chi connectivity index (χ4n) is 3.28. The second-order valence-corrected chi connectivity index (χ2v) is 7.78. The van der Waals surface area contributed by atoms with E-state index in [9.17, 15) is 9.00 Å². The molecule has 1 aromatic carbocycles. The van der Waals surface area contributed by atoms with Crippen LogP contribution in [0.1, 0.15) is 50.4 Å². The topological polar surface area (TPSA) is 52.6 Å². The molecule has 1 fully saturated rings. The number of hydrogen-bond acceptors (Lipinski definition) is 4. The maximum Gasteiger partial charge on any atom is 0.339 e. The highest BCUT2D eigenvalue weighted by molar-refractivity contribution is 7.80. The number of rotatable bonds is 5.